The van der Waals surface area contributed by atoms with Gasteiger partial charge in [0.05, 0.1) is 0 Å². The Hall–Kier alpha value is -3.28. The van der Waals surface area contributed by atoms with Crippen LogP contribution in [0.15, 0.2) is 61.2 Å². The van der Waals surface area contributed by atoms with Gasteiger partial charge in [-0.3, -0.25) is 9.78 Å². The predicted octanol–water partition coefficient (Wildman–Crippen LogP) is 4.03. The van der Waals surface area contributed by atoms with Crippen molar-refractivity contribution in [2.24, 2.45) is 0 Å². The van der Waals surface area contributed by atoms with Crippen LogP contribution in [0.5, 0.6) is 0 Å². The molecule has 1 aromatic carbocycles. The van der Waals surface area contributed by atoms with Gasteiger partial charge < -0.3 is 10.6 Å². The van der Waals surface area contributed by atoms with E-state index in [4.69, 9.17) is 0 Å². The van der Waals surface area contributed by atoms with E-state index in [0.717, 1.165) is 16.8 Å². The van der Waals surface area contributed by atoms with E-state index in [1.807, 2.05) is 36.4 Å². The fourth-order valence-corrected chi connectivity index (χ4v) is 2.71. The Morgan fingerprint density at radius 2 is 1.89 bits per heavy atom. The lowest BCUT2D eigenvalue weighted by molar-refractivity contribution is 0.102. The molecule has 0 saturated heterocycles. The van der Waals surface area contributed by atoms with E-state index in [1.165, 1.54) is 6.33 Å². The maximum Gasteiger partial charge on any atom is 0.274 e. The number of hydrogen-bond acceptors (Lipinski definition) is 5. The van der Waals surface area contributed by atoms with Crippen molar-refractivity contribution in [3.8, 4) is 0 Å². The molecule has 0 bridgehead atoms. The van der Waals surface area contributed by atoms with Crippen LogP contribution in [0.2, 0.25) is 0 Å². The lowest BCUT2D eigenvalue weighted by Gasteiger charge is -2.22. The largest absolute Gasteiger partial charge is 0.366 e. The first-order valence-electron chi connectivity index (χ1n) is 8.79. The smallest absolute Gasteiger partial charge is 0.274 e. The summed E-state index contributed by atoms with van der Waals surface area (Å²) in [4.78, 5) is 25.0. The third-order valence-corrected chi connectivity index (χ3v) is 4.08. The average Bonchev–Trinajstić information content (AvgIpc) is 2.67. The molecule has 3 rings (SSSR count). The van der Waals surface area contributed by atoms with Gasteiger partial charge in [0.2, 0.25) is 0 Å². The number of anilines is 2. The van der Waals surface area contributed by atoms with Crippen molar-refractivity contribution in [3.63, 3.8) is 0 Å². The van der Waals surface area contributed by atoms with Crippen LogP contribution >= 0.6 is 0 Å². The number of carbonyl (C=O) groups excluding carboxylic acids is 1. The number of para-hydroxylation sites is 1. The third-order valence-electron chi connectivity index (χ3n) is 4.08. The van der Waals surface area contributed by atoms with Crippen LogP contribution in [0, 0.1) is 0 Å². The van der Waals surface area contributed by atoms with Crippen molar-refractivity contribution in [3.05, 3.63) is 78.0 Å². The maximum atomic E-state index is 12.7. The minimum absolute atomic E-state index is 0.0774. The predicted molar refractivity (Wildman–Crippen MR) is 107 cm³/mol. The summed E-state index contributed by atoms with van der Waals surface area (Å²) in [6, 6.07) is 13.3. The summed E-state index contributed by atoms with van der Waals surface area (Å²) in [5.74, 6) is 0.321. The fraction of sp³-hybridized carbons (Fsp3) is 0.238. The molecule has 0 unspecified atom stereocenters. The minimum Gasteiger partial charge on any atom is -0.366 e. The number of nitrogens with zero attached hydrogens (tertiary/aromatic N) is 3. The van der Waals surface area contributed by atoms with Crippen LogP contribution < -0.4 is 10.6 Å². The van der Waals surface area contributed by atoms with E-state index in [9.17, 15) is 4.79 Å². The van der Waals surface area contributed by atoms with E-state index < -0.39 is 0 Å². The SMILES string of the molecule is CC(C)(C)c1ccccc1NC(=O)c1cc(NCc2cccnc2)ncn1. The molecule has 138 valence electrons. The van der Waals surface area contributed by atoms with Gasteiger partial charge in [0.15, 0.2) is 0 Å². The number of nitrogens with one attached hydrogen (secondary N) is 2. The molecule has 0 spiro atoms. The van der Waals surface area contributed by atoms with Gasteiger partial charge >= 0.3 is 0 Å². The minimum atomic E-state index is -0.265. The molecular weight excluding hydrogens is 338 g/mol. The summed E-state index contributed by atoms with van der Waals surface area (Å²) in [5.41, 5.74) is 3.12. The number of amides is 1. The number of aromatic nitrogens is 3. The molecule has 27 heavy (non-hydrogen) atoms. The molecule has 1 amide bonds. The lowest BCUT2D eigenvalue weighted by Crippen LogP contribution is -2.19. The highest BCUT2D eigenvalue weighted by atomic mass is 16.1. The van der Waals surface area contributed by atoms with Crippen LogP contribution in [0.3, 0.4) is 0 Å². The van der Waals surface area contributed by atoms with Crippen LogP contribution in [0.4, 0.5) is 11.5 Å². The van der Waals surface area contributed by atoms with E-state index >= 15 is 0 Å². The van der Waals surface area contributed by atoms with Gasteiger partial charge in [-0.05, 0) is 28.7 Å². The molecule has 6 heteroatoms. The highest BCUT2D eigenvalue weighted by Gasteiger charge is 2.19. The Morgan fingerprint density at radius 1 is 1.07 bits per heavy atom. The number of carbonyl (C=O) groups is 1. The third kappa shape index (κ3) is 4.88. The Balaban J connectivity index is 1.73. The van der Waals surface area contributed by atoms with Crippen molar-refractivity contribution in [1.29, 1.82) is 0 Å². The van der Waals surface area contributed by atoms with Gasteiger partial charge in [-0.1, -0.05) is 45.0 Å². The molecule has 3 aromatic rings. The Kier molecular flexibility index (Phi) is 5.45. The Morgan fingerprint density at radius 3 is 2.63 bits per heavy atom. The topological polar surface area (TPSA) is 79.8 Å². The van der Waals surface area contributed by atoms with Gasteiger partial charge in [-0.15, -0.1) is 0 Å². The first kappa shape index (κ1) is 18.5. The van der Waals surface area contributed by atoms with Crippen molar-refractivity contribution < 1.29 is 4.79 Å². The molecule has 0 aliphatic heterocycles. The van der Waals surface area contributed by atoms with Gasteiger partial charge in [0.25, 0.3) is 5.91 Å². The first-order chi connectivity index (χ1) is 12.9. The Bertz CT molecular complexity index is 919. The maximum absolute atomic E-state index is 12.7. The van der Waals surface area contributed by atoms with Crippen LogP contribution in [0.25, 0.3) is 0 Å². The zero-order valence-electron chi connectivity index (χ0n) is 15.7. The van der Waals surface area contributed by atoms with Crippen LogP contribution in [-0.4, -0.2) is 20.9 Å². The monoisotopic (exact) mass is 361 g/mol. The van der Waals surface area contributed by atoms with Crippen molar-refractivity contribution in [2.45, 2.75) is 32.7 Å². The van der Waals surface area contributed by atoms with Crippen LogP contribution in [-0.2, 0) is 12.0 Å². The molecular formula is C21H23N5O. The molecule has 0 atom stereocenters. The highest BCUT2D eigenvalue weighted by Crippen LogP contribution is 2.29. The molecule has 2 aromatic heterocycles. The van der Waals surface area contributed by atoms with Crippen LogP contribution in [0.1, 0.15) is 42.4 Å². The molecule has 2 N–H and O–H groups in total. The standard InChI is InChI=1S/C21H23N5O/c1-21(2,3)16-8-4-5-9-17(16)26-20(27)18-11-19(25-14-24-18)23-13-15-7-6-10-22-12-15/h4-12,14H,13H2,1-3H3,(H,26,27)(H,23,24,25). The van der Waals surface area contributed by atoms with Crippen molar-refractivity contribution in [2.75, 3.05) is 10.6 Å². The zero-order valence-corrected chi connectivity index (χ0v) is 15.7. The lowest BCUT2D eigenvalue weighted by atomic mass is 9.86. The summed E-state index contributed by atoms with van der Waals surface area (Å²) in [6.07, 6.45) is 4.90. The summed E-state index contributed by atoms with van der Waals surface area (Å²) in [6.45, 7) is 6.91. The molecule has 0 radical (unpaired) electrons. The second-order valence-corrected chi connectivity index (χ2v) is 7.25. The van der Waals surface area contributed by atoms with Crippen molar-refractivity contribution in [1.82, 2.24) is 15.0 Å². The van der Waals surface area contributed by atoms with Crippen molar-refractivity contribution >= 4 is 17.4 Å². The second kappa shape index (κ2) is 7.95. The van der Waals surface area contributed by atoms with Gasteiger partial charge in [-0.25, -0.2) is 9.97 Å². The second-order valence-electron chi connectivity index (χ2n) is 7.25. The molecule has 0 aliphatic carbocycles. The quantitative estimate of drug-likeness (QED) is 0.717. The summed E-state index contributed by atoms with van der Waals surface area (Å²) in [5, 5.41) is 6.15. The van der Waals surface area contributed by atoms with Gasteiger partial charge in [0, 0.05) is 30.7 Å². The van der Waals surface area contributed by atoms with Gasteiger partial charge in [0.1, 0.15) is 17.8 Å². The van der Waals surface area contributed by atoms with E-state index in [0.29, 0.717) is 18.1 Å². The average molecular weight is 361 g/mol. The zero-order chi connectivity index (χ0) is 19.3. The summed E-state index contributed by atoms with van der Waals surface area (Å²) >= 11 is 0. The molecule has 0 aliphatic rings. The molecule has 2 heterocycles. The first-order valence-corrected chi connectivity index (χ1v) is 8.79. The number of rotatable bonds is 5. The number of pyridine rings is 1. The normalized spacial score (nSPS) is 11.1. The van der Waals surface area contributed by atoms with E-state index in [-0.39, 0.29) is 11.3 Å². The summed E-state index contributed by atoms with van der Waals surface area (Å²) in [7, 11) is 0. The summed E-state index contributed by atoms with van der Waals surface area (Å²) < 4.78 is 0. The number of hydrogen-bond donors (Lipinski definition) is 2. The Labute approximate surface area is 159 Å². The van der Waals surface area contributed by atoms with E-state index in [2.05, 4.69) is 46.4 Å². The van der Waals surface area contributed by atoms with Gasteiger partial charge in [-0.2, -0.15) is 0 Å². The molecule has 6 nitrogen and oxygen atoms in total. The number of benzene rings is 1. The molecule has 0 saturated carbocycles. The molecule has 0 fully saturated rings. The highest BCUT2D eigenvalue weighted by molar-refractivity contribution is 6.03. The van der Waals surface area contributed by atoms with E-state index in [1.54, 1.807) is 18.5 Å². The fourth-order valence-electron chi connectivity index (χ4n) is 2.71.